The lowest BCUT2D eigenvalue weighted by atomic mass is 9.90. The van der Waals surface area contributed by atoms with Crippen molar-refractivity contribution < 1.29 is 9.15 Å². The molecular formula is C19H27IN4O2. The number of hydrogen-bond acceptors (Lipinski definition) is 4. The molecule has 2 N–H and O–H groups in total. The second kappa shape index (κ2) is 8.28. The Balaban J connectivity index is 0.00000243. The number of aliphatic imine (C=N–C) groups is 1. The van der Waals surface area contributed by atoms with Crippen molar-refractivity contribution in [1.82, 2.24) is 15.6 Å². The number of hydrogen-bond donors (Lipinski definition) is 2. The molecule has 0 saturated carbocycles. The number of ether oxygens (including phenoxy) is 1. The van der Waals surface area contributed by atoms with Crippen molar-refractivity contribution in [1.29, 1.82) is 0 Å². The van der Waals surface area contributed by atoms with E-state index in [0.29, 0.717) is 18.4 Å². The fourth-order valence-corrected chi connectivity index (χ4v) is 3.06. The smallest absolute Gasteiger partial charge is 0.214 e. The molecular weight excluding hydrogens is 443 g/mol. The van der Waals surface area contributed by atoms with Crippen molar-refractivity contribution in [3.05, 3.63) is 47.2 Å². The molecule has 0 spiro atoms. The molecule has 7 heteroatoms. The second-order valence-electron chi connectivity index (χ2n) is 6.98. The van der Waals surface area contributed by atoms with Gasteiger partial charge in [-0.25, -0.2) is 4.98 Å². The van der Waals surface area contributed by atoms with Crippen molar-refractivity contribution in [2.75, 3.05) is 7.05 Å². The van der Waals surface area contributed by atoms with Crippen molar-refractivity contribution in [2.45, 2.75) is 52.3 Å². The first-order chi connectivity index (χ1) is 11.9. The third-order valence-electron chi connectivity index (χ3n) is 4.39. The molecule has 142 valence electrons. The van der Waals surface area contributed by atoms with Gasteiger partial charge >= 0.3 is 0 Å². The van der Waals surface area contributed by atoms with Crippen LogP contribution in [0, 0.1) is 13.8 Å². The highest BCUT2D eigenvalue weighted by Crippen LogP contribution is 2.39. The van der Waals surface area contributed by atoms with E-state index >= 15 is 0 Å². The summed E-state index contributed by atoms with van der Waals surface area (Å²) in [5.74, 6) is 3.14. The van der Waals surface area contributed by atoms with Gasteiger partial charge in [0.15, 0.2) is 5.96 Å². The molecule has 0 aliphatic carbocycles. The summed E-state index contributed by atoms with van der Waals surface area (Å²) in [6.45, 7) is 8.55. The van der Waals surface area contributed by atoms with Crippen LogP contribution in [0.4, 0.5) is 0 Å². The summed E-state index contributed by atoms with van der Waals surface area (Å²) in [6, 6.07) is 8.26. The molecule has 1 aromatic heterocycles. The first-order valence-corrected chi connectivity index (χ1v) is 8.56. The number of para-hydroxylation sites is 1. The molecule has 1 aliphatic rings. The second-order valence-corrected chi connectivity index (χ2v) is 6.98. The Labute approximate surface area is 171 Å². The number of benzene rings is 1. The molecule has 1 aliphatic heterocycles. The summed E-state index contributed by atoms with van der Waals surface area (Å²) in [5, 5.41) is 6.77. The molecule has 0 fully saturated rings. The van der Waals surface area contributed by atoms with Crippen molar-refractivity contribution >= 4 is 29.9 Å². The Bertz CT molecular complexity index is 766. The maximum Gasteiger partial charge on any atom is 0.214 e. The average molecular weight is 470 g/mol. The Morgan fingerprint density at radius 2 is 2.04 bits per heavy atom. The highest BCUT2D eigenvalue weighted by Gasteiger charge is 2.33. The van der Waals surface area contributed by atoms with Crippen LogP contribution in [-0.4, -0.2) is 23.6 Å². The van der Waals surface area contributed by atoms with Gasteiger partial charge in [0.1, 0.15) is 17.1 Å². The van der Waals surface area contributed by atoms with Crippen LogP contribution in [0.2, 0.25) is 0 Å². The number of nitrogens with one attached hydrogen (secondary N) is 2. The zero-order valence-electron chi connectivity index (χ0n) is 15.9. The van der Waals surface area contributed by atoms with Crippen LogP contribution in [0.15, 0.2) is 33.7 Å². The number of fused-ring (bicyclic) bond motifs is 1. The third kappa shape index (κ3) is 4.69. The summed E-state index contributed by atoms with van der Waals surface area (Å²) in [5.41, 5.74) is 1.83. The van der Waals surface area contributed by atoms with Crippen molar-refractivity contribution in [2.24, 2.45) is 4.99 Å². The SMILES string of the molecule is CN=C(NCc1nc(C)c(C)o1)NC1CC(C)(C)Oc2ccccc21.I. The number of halogens is 1. The van der Waals surface area contributed by atoms with Gasteiger partial charge in [-0.3, -0.25) is 4.99 Å². The predicted octanol–water partition coefficient (Wildman–Crippen LogP) is 3.88. The molecule has 0 amide bonds. The molecule has 2 heterocycles. The van der Waals surface area contributed by atoms with Crippen LogP contribution in [0.1, 0.15) is 49.2 Å². The maximum absolute atomic E-state index is 6.08. The van der Waals surface area contributed by atoms with E-state index in [2.05, 4.69) is 40.5 Å². The summed E-state index contributed by atoms with van der Waals surface area (Å²) < 4.78 is 11.7. The Morgan fingerprint density at radius 1 is 1.31 bits per heavy atom. The van der Waals surface area contributed by atoms with Crippen LogP contribution < -0.4 is 15.4 Å². The van der Waals surface area contributed by atoms with Gasteiger partial charge in [0.2, 0.25) is 5.89 Å². The zero-order chi connectivity index (χ0) is 18.0. The fourth-order valence-electron chi connectivity index (χ4n) is 3.06. The van der Waals surface area contributed by atoms with Gasteiger partial charge in [0.05, 0.1) is 18.3 Å². The predicted molar refractivity (Wildman–Crippen MR) is 113 cm³/mol. The van der Waals surface area contributed by atoms with E-state index in [-0.39, 0.29) is 35.6 Å². The van der Waals surface area contributed by atoms with Gasteiger partial charge in [0, 0.05) is 19.0 Å². The van der Waals surface area contributed by atoms with Gasteiger partial charge in [0.25, 0.3) is 0 Å². The van der Waals surface area contributed by atoms with E-state index in [1.165, 1.54) is 0 Å². The molecule has 1 unspecified atom stereocenters. The largest absolute Gasteiger partial charge is 0.487 e. The van der Waals surface area contributed by atoms with Crippen LogP contribution in [0.3, 0.4) is 0 Å². The Morgan fingerprint density at radius 3 is 2.69 bits per heavy atom. The van der Waals surface area contributed by atoms with Crippen molar-refractivity contribution in [3.63, 3.8) is 0 Å². The number of aryl methyl sites for hydroxylation is 2. The summed E-state index contributed by atoms with van der Waals surface area (Å²) >= 11 is 0. The monoisotopic (exact) mass is 470 g/mol. The summed E-state index contributed by atoms with van der Waals surface area (Å²) in [4.78, 5) is 8.72. The summed E-state index contributed by atoms with van der Waals surface area (Å²) in [6.07, 6.45) is 0.849. The molecule has 26 heavy (non-hydrogen) atoms. The minimum absolute atomic E-state index is 0. The molecule has 1 aromatic carbocycles. The Kier molecular flexibility index (Phi) is 6.54. The van der Waals surface area contributed by atoms with E-state index in [9.17, 15) is 0 Å². The first-order valence-electron chi connectivity index (χ1n) is 8.56. The van der Waals surface area contributed by atoms with Crippen LogP contribution >= 0.6 is 24.0 Å². The number of aromatic nitrogens is 1. The van der Waals surface area contributed by atoms with E-state index < -0.39 is 0 Å². The fraction of sp³-hybridized carbons (Fsp3) is 0.474. The highest BCUT2D eigenvalue weighted by atomic mass is 127. The van der Waals surface area contributed by atoms with E-state index in [0.717, 1.165) is 29.2 Å². The van der Waals surface area contributed by atoms with Crippen LogP contribution in [0.5, 0.6) is 5.75 Å². The molecule has 0 saturated heterocycles. The van der Waals surface area contributed by atoms with Gasteiger partial charge < -0.3 is 19.8 Å². The van der Waals surface area contributed by atoms with E-state index in [1.807, 2.05) is 32.0 Å². The lowest BCUT2D eigenvalue weighted by Gasteiger charge is -2.38. The van der Waals surface area contributed by atoms with Gasteiger partial charge in [-0.05, 0) is 33.8 Å². The molecule has 1 atom stereocenters. The number of nitrogens with zero attached hydrogens (tertiary/aromatic N) is 2. The van der Waals surface area contributed by atoms with Crippen LogP contribution in [-0.2, 0) is 6.54 Å². The molecule has 0 radical (unpaired) electrons. The quantitative estimate of drug-likeness (QED) is 0.405. The van der Waals surface area contributed by atoms with E-state index in [1.54, 1.807) is 7.05 Å². The van der Waals surface area contributed by atoms with Gasteiger partial charge in [-0.15, -0.1) is 24.0 Å². The normalized spacial score (nSPS) is 18.3. The lowest BCUT2D eigenvalue weighted by Crippen LogP contribution is -2.45. The minimum Gasteiger partial charge on any atom is -0.487 e. The Hall–Kier alpha value is -1.77. The zero-order valence-corrected chi connectivity index (χ0v) is 18.3. The standard InChI is InChI=1S/C19H26N4O2.HI/c1-12-13(2)24-17(22-12)11-21-18(20-5)23-15-10-19(3,4)25-16-9-7-6-8-14(15)16;/h6-9,15H,10-11H2,1-5H3,(H2,20,21,23);1H. The van der Waals surface area contributed by atoms with Crippen molar-refractivity contribution in [3.8, 4) is 5.75 Å². The molecule has 3 rings (SSSR count). The topological polar surface area (TPSA) is 71.7 Å². The van der Waals surface area contributed by atoms with Gasteiger partial charge in [-0.1, -0.05) is 18.2 Å². The summed E-state index contributed by atoms with van der Waals surface area (Å²) in [7, 11) is 1.76. The molecule has 0 bridgehead atoms. The number of guanidine groups is 1. The highest BCUT2D eigenvalue weighted by molar-refractivity contribution is 14.0. The van der Waals surface area contributed by atoms with E-state index in [4.69, 9.17) is 9.15 Å². The minimum atomic E-state index is -0.234. The maximum atomic E-state index is 6.08. The average Bonchev–Trinajstić information content (AvgIpc) is 2.88. The molecule has 2 aromatic rings. The lowest BCUT2D eigenvalue weighted by molar-refractivity contribution is 0.0694. The van der Waals surface area contributed by atoms with Crippen LogP contribution in [0.25, 0.3) is 0 Å². The van der Waals surface area contributed by atoms with Gasteiger partial charge in [-0.2, -0.15) is 0 Å². The first kappa shape index (κ1) is 20.5. The number of rotatable bonds is 3. The third-order valence-corrected chi connectivity index (χ3v) is 4.39. The molecule has 6 nitrogen and oxygen atoms in total. The number of oxazole rings is 1.